The number of thiazole rings is 1. The van der Waals surface area contributed by atoms with Crippen molar-refractivity contribution in [3.63, 3.8) is 0 Å². The van der Waals surface area contributed by atoms with Crippen molar-refractivity contribution in [2.24, 2.45) is 4.99 Å². The summed E-state index contributed by atoms with van der Waals surface area (Å²) in [6.45, 7) is -0.106. The van der Waals surface area contributed by atoms with Gasteiger partial charge in [0.15, 0.2) is 14.6 Å². The maximum Gasteiger partial charge on any atom is 0.325 e. The predicted molar refractivity (Wildman–Crippen MR) is 124 cm³/mol. The second kappa shape index (κ2) is 10.3. The Kier molecular flexibility index (Phi) is 7.75. The summed E-state index contributed by atoms with van der Waals surface area (Å²) in [4.78, 5) is 30.0. The molecule has 170 valence electrons. The third-order valence-electron chi connectivity index (χ3n) is 4.63. The molecule has 3 rings (SSSR count). The zero-order valence-corrected chi connectivity index (χ0v) is 20.2. The van der Waals surface area contributed by atoms with E-state index in [0.29, 0.717) is 10.6 Å². The van der Waals surface area contributed by atoms with E-state index in [1.807, 2.05) is 24.5 Å². The molecule has 0 bridgehead atoms. The molecule has 32 heavy (non-hydrogen) atoms. The van der Waals surface area contributed by atoms with E-state index >= 15 is 0 Å². The highest BCUT2D eigenvalue weighted by molar-refractivity contribution is 7.98. The molecule has 1 aromatic heterocycles. The number of benzene rings is 2. The van der Waals surface area contributed by atoms with Crippen LogP contribution in [0.5, 0.6) is 5.75 Å². The van der Waals surface area contributed by atoms with Crippen molar-refractivity contribution in [2.45, 2.75) is 22.8 Å². The highest BCUT2D eigenvalue weighted by atomic mass is 32.2. The van der Waals surface area contributed by atoms with E-state index in [0.717, 1.165) is 15.1 Å². The number of methoxy groups -OCH3 is 2. The summed E-state index contributed by atoms with van der Waals surface area (Å²) >= 11 is 2.83. The van der Waals surface area contributed by atoms with E-state index in [-0.39, 0.29) is 23.6 Å². The maximum absolute atomic E-state index is 12.6. The van der Waals surface area contributed by atoms with Crippen LogP contribution in [0.3, 0.4) is 0 Å². The largest absolute Gasteiger partial charge is 0.497 e. The van der Waals surface area contributed by atoms with Gasteiger partial charge in [-0.15, -0.1) is 11.8 Å². The molecule has 0 N–H and O–H groups in total. The lowest BCUT2D eigenvalue weighted by Crippen LogP contribution is -2.22. The van der Waals surface area contributed by atoms with Crippen molar-refractivity contribution in [3.05, 3.63) is 47.3 Å². The average Bonchev–Trinajstić information content (AvgIpc) is 3.13. The first kappa shape index (κ1) is 24.0. The quantitative estimate of drug-likeness (QED) is 0.350. The standard InChI is InChI=1S/C21H22N2O6S3/c1-28-14-4-7-16(8-5-14)32(26,27)11-10-19(24)22-21-23(13-20(25)29-2)17-9-6-15(30-3)12-18(17)31-21/h4-9,12H,10-11,13H2,1-3H3. The Morgan fingerprint density at radius 1 is 1.12 bits per heavy atom. The van der Waals surface area contributed by atoms with Crippen LogP contribution in [0.4, 0.5) is 0 Å². The molecule has 0 atom stereocenters. The monoisotopic (exact) mass is 494 g/mol. The molecule has 11 heteroatoms. The lowest BCUT2D eigenvalue weighted by Gasteiger charge is -2.05. The molecular weight excluding hydrogens is 472 g/mol. The van der Waals surface area contributed by atoms with Gasteiger partial charge in [0.2, 0.25) is 5.91 Å². The third-order valence-corrected chi connectivity index (χ3v) is 8.13. The lowest BCUT2D eigenvalue weighted by molar-refractivity contribution is -0.141. The van der Waals surface area contributed by atoms with E-state index in [4.69, 9.17) is 9.47 Å². The summed E-state index contributed by atoms with van der Waals surface area (Å²) < 4.78 is 37.4. The highest BCUT2D eigenvalue weighted by Crippen LogP contribution is 2.24. The van der Waals surface area contributed by atoms with Gasteiger partial charge in [0.25, 0.3) is 0 Å². The number of fused-ring (bicyclic) bond motifs is 1. The molecule has 1 amide bonds. The fourth-order valence-corrected chi connectivity index (χ4v) is 5.73. The van der Waals surface area contributed by atoms with Gasteiger partial charge in [-0.3, -0.25) is 9.59 Å². The number of aromatic nitrogens is 1. The molecule has 0 fully saturated rings. The van der Waals surface area contributed by atoms with Gasteiger partial charge in [-0.1, -0.05) is 11.3 Å². The summed E-state index contributed by atoms with van der Waals surface area (Å²) in [5.74, 6) is -0.897. The van der Waals surface area contributed by atoms with Gasteiger partial charge < -0.3 is 14.0 Å². The summed E-state index contributed by atoms with van der Waals surface area (Å²) in [5.41, 5.74) is 0.746. The first-order valence-electron chi connectivity index (χ1n) is 9.46. The van der Waals surface area contributed by atoms with Crippen LogP contribution in [0.2, 0.25) is 0 Å². The second-order valence-corrected chi connectivity index (χ2v) is 10.6. The SMILES string of the molecule is COC(=O)Cn1c(=NC(=O)CCS(=O)(=O)c2ccc(OC)cc2)sc2cc(SC)ccc21. The molecule has 0 saturated carbocycles. The zero-order chi connectivity index (χ0) is 23.3. The third kappa shape index (κ3) is 5.59. The predicted octanol–water partition coefficient (Wildman–Crippen LogP) is 2.90. The zero-order valence-electron chi connectivity index (χ0n) is 17.7. The van der Waals surface area contributed by atoms with Crippen molar-refractivity contribution < 1.29 is 27.5 Å². The first-order chi connectivity index (χ1) is 15.3. The topological polar surface area (TPSA) is 104 Å². The Bertz CT molecular complexity index is 1310. The Morgan fingerprint density at radius 2 is 1.84 bits per heavy atom. The molecule has 0 saturated heterocycles. The summed E-state index contributed by atoms with van der Waals surface area (Å²) in [7, 11) is -0.877. The number of carbonyl (C=O) groups excluding carboxylic acids is 2. The number of thioether (sulfide) groups is 1. The highest BCUT2D eigenvalue weighted by Gasteiger charge is 2.17. The summed E-state index contributed by atoms with van der Waals surface area (Å²) in [6, 6.07) is 11.7. The van der Waals surface area contributed by atoms with Crippen molar-refractivity contribution in [3.8, 4) is 5.75 Å². The van der Waals surface area contributed by atoms with Crippen LogP contribution in [0, 0.1) is 0 Å². The molecule has 2 aromatic carbocycles. The second-order valence-electron chi connectivity index (χ2n) is 6.63. The molecule has 0 aliphatic carbocycles. The van der Waals surface area contributed by atoms with Crippen LogP contribution in [0.1, 0.15) is 6.42 Å². The van der Waals surface area contributed by atoms with E-state index < -0.39 is 21.7 Å². The van der Waals surface area contributed by atoms with E-state index in [9.17, 15) is 18.0 Å². The Balaban J connectivity index is 1.87. The van der Waals surface area contributed by atoms with Crippen LogP contribution in [0.25, 0.3) is 10.2 Å². The minimum Gasteiger partial charge on any atom is -0.497 e. The number of esters is 1. The van der Waals surface area contributed by atoms with Crippen molar-refractivity contribution in [1.29, 1.82) is 0 Å². The number of carbonyl (C=O) groups is 2. The molecule has 0 unspecified atom stereocenters. The number of sulfone groups is 1. The first-order valence-corrected chi connectivity index (χ1v) is 13.2. The number of hydrogen-bond donors (Lipinski definition) is 0. The van der Waals surface area contributed by atoms with Crippen LogP contribution >= 0.6 is 23.1 Å². The normalized spacial score (nSPS) is 12.2. The van der Waals surface area contributed by atoms with E-state index in [1.54, 1.807) is 28.5 Å². The Morgan fingerprint density at radius 3 is 2.47 bits per heavy atom. The van der Waals surface area contributed by atoms with E-state index in [2.05, 4.69) is 4.99 Å². The molecule has 1 heterocycles. The average molecular weight is 495 g/mol. The van der Waals surface area contributed by atoms with Crippen LogP contribution < -0.4 is 9.54 Å². The van der Waals surface area contributed by atoms with Gasteiger partial charge in [-0.05, 0) is 48.7 Å². The summed E-state index contributed by atoms with van der Waals surface area (Å²) in [6.07, 6.45) is 1.67. The number of nitrogens with zero attached hydrogens (tertiary/aromatic N) is 2. The van der Waals surface area contributed by atoms with Crippen LogP contribution in [-0.4, -0.2) is 51.1 Å². The maximum atomic E-state index is 12.6. The Hall–Kier alpha value is -2.63. The number of ether oxygens (including phenoxy) is 2. The number of hydrogen-bond acceptors (Lipinski definition) is 8. The molecule has 0 radical (unpaired) electrons. The van der Waals surface area contributed by atoms with Crippen molar-refractivity contribution in [2.75, 3.05) is 26.2 Å². The van der Waals surface area contributed by atoms with Gasteiger partial charge in [-0.25, -0.2) is 8.42 Å². The fraction of sp³-hybridized carbons (Fsp3) is 0.286. The molecule has 0 aliphatic heterocycles. The lowest BCUT2D eigenvalue weighted by atomic mass is 10.3. The van der Waals surface area contributed by atoms with Gasteiger partial charge >= 0.3 is 5.97 Å². The van der Waals surface area contributed by atoms with Gasteiger partial charge in [0.1, 0.15) is 12.3 Å². The molecule has 0 aliphatic rings. The van der Waals surface area contributed by atoms with Crippen LogP contribution in [-0.2, 0) is 30.7 Å². The molecule has 0 spiro atoms. The molecular formula is C21H22N2O6S3. The van der Waals surface area contributed by atoms with Gasteiger partial charge in [0, 0.05) is 11.3 Å². The minimum absolute atomic E-state index is 0.106. The Labute approximate surface area is 193 Å². The number of rotatable bonds is 8. The van der Waals surface area contributed by atoms with Crippen molar-refractivity contribution >= 4 is 55.0 Å². The fourth-order valence-electron chi connectivity index (χ4n) is 2.90. The van der Waals surface area contributed by atoms with Gasteiger partial charge in [0.05, 0.1) is 35.1 Å². The van der Waals surface area contributed by atoms with E-state index in [1.165, 1.54) is 37.7 Å². The minimum atomic E-state index is -3.66. The molecule has 8 nitrogen and oxygen atoms in total. The van der Waals surface area contributed by atoms with Crippen molar-refractivity contribution in [1.82, 2.24) is 4.57 Å². The smallest absolute Gasteiger partial charge is 0.325 e. The molecule has 3 aromatic rings. The van der Waals surface area contributed by atoms with Crippen LogP contribution in [0.15, 0.2) is 57.2 Å². The summed E-state index contributed by atoms with van der Waals surface area (Å²) in [5, 5.41) is 0. The van der Waals surface area contributed by atoms with Gasteiger partial charge in [-0.2, -0.15) is 4.99 Å². The number of amides is 1.